The number of nitrogen functional groups attached to an aromatic ring is 1. The molecule has 0 amide bonds. The van der Waals surface area contributed by atoms with Crippen LogP contribution in [0.1, 0.15) is 6.42 Å². The fourth-order valence-corrected chi connectivity index (χ4v) is 1.35. The van der Waals surface area contributed by atoms with Crippen molar-refractivity contribution in [3.05, 3.63) is 28.3 Å². The molecule has 0 unspecified atom stereocenters. The second kappa shape index (κ2) is 5.67. The molecule has 0 saturated carbocycles. The monoisotopic (exact) mass is 235 g/mol. The first-order chi connectivity index (χ1) is 8.08. The molecule has 0 fully saturated rings. The van der Waals surface area contributed by atoms with Crippen molar-refractivity contribution in [1.82, 2.24) is 0 Å². The van der Waals surface area contributed by atoms with E-state index in [9.17, 15) is 10.1 Å². The summed E-state index contributed by atoms with van der Waals surface area (Å²) in [6.07, 6.45) is 0.352. The maximum atomic E-state index is 10.7. The summed E-state index contributed by atoms with van der Waals surface area (Å²) in [5.41, 5.74) is 3.43. The lowest BCUT2D eigenvalue weighted by Crippen LogP contribution is -2.18. The third-order valence-corrected chi connectivity index (χ3v) is 2.28. The fourth-order valence-electron chi connectivity index (χ4n) is 1.35. The van der Waals surface area contributed by atoms with Crippen LogP contribution in [0.15, 0.2) is 18.2 Å². The Morgan fingerprint density at radius 2 is 2.29 bits per heavy atom. The maximum absolute atomic E-state index is 10.7. The smallest absolute Gasteiger partial charge is 0.273 e. The number of hydrazine groups is 1. The number of nitriles is 1. The molecule has 7 nitrogen and oxygen atoms in total. The standard InChI is InChI=1S/C10H13N5O2/c1-14(4-2-3-11)9-5-8(13-12)6-10(7-9)15(16)17/h5-7,13H,2,4,12H2,1H3. The molecule has 0 saturated heterocycles. The molecule has 0 radical (unpaired) electrons. The van der Waals surface area contributed by atoms with Crippen LogP contribution in [0.4, 0.5) is 17.1 Å². The number of rotatable bonds is 5. The van der Waals surface area contributed by atoms with Crippen LogP contribution in [0.25, 0.3) is 0 Å². The molecule has 0 aliphatic carbocycles. The Hall–Kier alpha value is -2.33. The van der Waals surface area contributed by atoms with Crippen molar-refractivity contribution in [3.63, 3.8) is 0 Å². The molecule has 1 aromatic rings. The molecule has 7 heteroatoms. The predicted octanol–water partition coefficient (Wildman–Crippen LogP) is 1.23. The van der Waals surface area contributed by atoms with Crippen molar-refractivity contribution < 1.29 is 4.92 Å². The zero-order valence-corrected chi connectivity index (χ0v) is 9.38. The first-order valence-electron chi connectivity index (χ1n) is 4.92. The molecule has 3 N–H and O–H groups in total. The number of hydrogen-bond acceptors (Lipinski definition) is 6. The summed E-state index contributed by atoms with van der Waals surface area (Å²) < 4.78 is 0. The maximum Gasteiger partial charge on any atom is 0.273 e. The molecule has 0 aromatic heterocycles. The van der Waals surface area contributed by atoms with Gasteiger partial charge in [-0.05, 0) is 6.07 Å². The van der Waals surface area contributed by atoms with Crippen LogP contribution in [0, 0.1) is 21.4 Å². The zero-order valence-electron chi connectivity index (χ0n) is 9.38. The highest BCUT2D eigenvalue weighted by Crippen LogP contribution is 2.25. The molecular formula is C10H13N5O2. The Kier molecular flexibility index (Phi) is 4.25. The van der Waals surface area contributed by atoms with Crippen LogP contribution in [-0.2, 0) is 0 Å². The molecule has 1 rings (SSSR count). The van der Waals surface area contributed by atoms with Crippen molar-refractivity contribution in [2.45, 2.75) is 6.42 Å². The number of nitro groups is 1. The van der Waals surface area contributed by atoms with E-state index in [1.54, 1.807) is 18.0 Å². The van der Waals surface area contributed by atoms with Crippen molar-refractivity contribution in [2.75, 3.05) is 23.9 Å². The minimum absolute atomic E-state index is 0.0424. The van der Waals surface area contributed by atoms with Crippen LogP contribution < -0.4 is 16.2 Å². The molecule has 0 spiro atoms. The van der Waals surface area contributed by atoms with Gasteiger partial charge in [0.2, 0.25) is 0 Å². The van der Waals surface area contributed by atoms with Crippen molar-refractivity contribution in [3.8, 4) is 6.07 Å². The van der Waals surface area contributed by atoms with Crippen LogP contribution in [0.3, 0.4) is 0 Å². The van der Waals surface area contributed by atoms with E-state index >= 15 is 0 Å². The molecule has 90 valence electrons. The summed E-state index contributed by atoms with van der Waals surface area (Å²) in [7, 11) is 1.76. The van der Waals surface area contributed by atoms with E-state index in [1.807, 2.05) is 6.07 Å². The van der Waals surface area contributed by atoms with Crippen molar-refractivity contribution in [2.24, 2.45) is 5.84 Å². The van der Waals surface area contributed by atoms with Gasteiger partial charge in [-0.1, -0.05) is 0 Å². The average molecular weight is 235 g/mol. The summed E-state index contributed by atoms with van der Waals surface area (Å²) in [5, 5.41) is 19.2. The summed E-state index contributed by atoms with van der Waals surface area (Å²) >= 11 is 0. The van der Waals surface area contributed by atoms with Gasteiger partial charge in [0.1, 0.15) is 0 Å². The van der Waals surface area contributed by atoms with Gasteiger partial charge < -0.3 is 10.3 Å². The number of nitro benzene ring substituents is 1. The van der Waals surface area contributed by atoms with E-state index in [-0.39, 0.29) is 5.69 Å². The Bertz CT molecular complexity index is 454. The molecule has 0 aliphatic rings. The Balaban J connectivity index is 3.02. The number of nitrogens with one attached hydrogen (secondary N) is 1. The minimum Gasteiger partial charge on any atom is -0.373 e. The van der Waals surface area contributed by atoms with Crippen molar-refractivity contribution >= 4 is 17.1 Å². The van der Waals surface area contributed by atoms with Gasteiger partial charge in [0.15, 0.2) is 0 Å². The number of non-ortho nitro benzene ring substituents is 1. The molecule has 0 atom stereocenters. The van der Waals surface area contributed by atoms with Crippen LogP contribution in [0.2, 0.25) is 0 Å². The van der Waals surface area contributed by atoms with Crippen LogP contribution >= 0.6 is 0 Å². The summed E-state index contributed by atoms with van der Waals surface area (Å²) in [5.74, 6) is 5.24. The van der Waals surface area contributed by atoms with Gasteiger partial charge in [0.05, 0.1) is 23.1 Å². The van der Waals surface area contributed by atoms with E-state index < -0.39 is 4.92 Å². The second-order valence-electron chi connectivity index (χ2n) is 3.47. The number of nitrogens with two attached hydrogens (primary N) is 1. The number of nitrogens with zero attached hydrogens (tertiary/aromatic N) is 3. The van der Waals surface area contributed by atoms with Gasteiger partial charge in [-0.25, -0.2) is 0 Å². The van der Waals surface area contributed by atoms with Crippen LogP contribution in [-0.4, -0.2) is 18.5 Å². The number of hydrogen-bond donors (Lipinski definition) is 2. The third-order valence-electron chi connectivity index (χ3n) is 2.28. The first-order valence-corrected chi connectivity index (χ1v) is 4.92. The Morgan fingerprint density at radius 3 is 2.82 bits per heavy atom. The van der Waals surface area contributed by atoms with E-state index in [1.165, 1.54) is 12.1 Å². The highest BCUT2D eigenvalue weighted by Gasteiger charge is 2.11. The third kappa shape index (κ3) is 3.32. The molecule has 0 bridgehead atoms. The summed E-state index contributed by atoms with van der Waals surface area (Å²) in [4.78, 5) is 12.0. The molecule has 0 heterocycles. The van der Waals surface area contributed by atoms with Gasteiger partial charge in [-0.3, -0.25) is 16.0 Å². The van der Waals surface area contributed by atoms with Crippen molar-refractivity contribution in [1.29, 1.82) is 5.26 Å². The average Bonchev–Trinajstić information content (AvgIpc) is 2.35. The topological polar surface area (TPSA) is 108 Å². The normalized spacial score (nSPS) is 9.47. The van der Waals surface area contributed by atoms with Gasteiger partial charge in [-0.2, -0.15) is 5.26 Å². The Morgan fingerprint density at radius 1 is 1.59 bits per heavy atom. The lowest BCUT2D eigenvalue weighted by molar-refractivity contribution is -0.384. The summed E-state index contributed by atoms with van der Waals surface area (Å²) in [6, 6.07) is 6.49. The lowest BCUT2D eigenvalue weighted by Gasteiger charge is -2.18. The summed E-state index contributed by atoms with van der Waals surface area (Å²) in [6.45, 7) is 0.502. The highest BCUT2D eigenvalue weighted by molar-refractivity contribution is 5.63. The molecular weight excluding hydrogens is 222 g/mol. The lowest BCUT2D eigenvalue weighted by atomic mass is 10.2. The minimum atomic E-state index is -0.484. The van der Waals surface area contributed by atoms with Crippen LogP contribution in [0.5, 0.6) is 0 Å². The van der Waals surface area contributed by atoms with Gasteiger partial charge in [-0.15, -0.1) is 0 Å². The van der Waals surface area contributed by atoms with Gasteiger partial charge >= 0.3 is 0 Å². The van der Waals surface area contributed by atoms with E-state index in [0.29, 0.717) is 24.3 Å². The number of benzene rings is 1. The fraction of sp³-hybridized carbons (Fsp3) is 0.300. The zero-order chi connectivity index (χ0) is 12.8. The van der Waals surface area contributed by atoms with Gasteiger partial charge in [0.25, 0.3) is 5.69 Å². The van der Waals surface area contributed by atoms with E-state index in [0.717, 1.165) is 0 Å². The van der Waals surface area contributed by atoms with E-state index in [4.69, 9.17) is 11.1 Å². The van der Waals surface area contributed by atoms with Gasteiger partial charge in [0, 0.05) is 31.4 Å². The molecule has 0 aliphatic heterocycles. The quantitative estimate of drug-likeness (QED) is 0.451. The highest BCUT2D eigenvalue weighted by atomic mass is 16.6. The molecule has 17 heavy (non-hydrogen) atoms. The second-order valence-corrected chi connectivity index (χ2v) is 3.47. The predicted molar refractivity (Wildman–Crippen MR) is 64.4 cm³/mol. The first kappa shape index (κ1) is 12.7. The number of anilines is 2. The van der Waals surface area contributed by atoms with E-state index in [2.05, 4.69) is 5.43 Å². The largest absolute Gasteiger partial charge is 0.373 e. The SMILES string of the molecule is CN(CCC#N)c1cc(NN)cc([N+](=O)[O-])c1. The Labute approximate surface area is 98.6 Å². The molecule has 1 aromatic carbocycles.